The number of aliphatic carboxylic acids is 1. The molecule has 0 radical (unpaired) electrons. The second-order valence-corrected chi connectivity index (χ2v) is 5.61. The zero-order valence-electron chi connectivity index (χ0n) is 10.1. The van der Waals surface area contributed by atoms with Crippen molar-refractivity contribution in [1.82, 2.24) is 9.88 Å². The Morgan fingerprint density at radius 1 is 1.59 bits per heavy atom. The van der Waals surface area contributed by atoms with E-state index in [1.54, 1.807) is 16.2 Å². The minimum atomic E-state index is -0.793. The standard InChI is InChI=1S/C12H18N2O2S/c1-14(7-11(15)16)6-10-8-17-12(13-10)9-4-2-3-5-9/h8-9H,2-7H2,1H3,(H,15,16). The summed E-state index contributed by atoms with van der Waals surface area (Å²) < 4.78 is 0. The van der Waals surface area contributed by atoms with Gasteiger partial charge in [0.1, 0.15) is 0 Å². The summed E-state index contributed by atoms with van der Waals surface area (Å²) in [6, 6.07) is 0. The molecule has 5 heteroatoms. The first-order chi connectivity index (χ1) is 8.15. The monoisotopic (exact) mass is 254 g/mol. The van der Waals surface area contributed by atoms with E-state index in [0.29, 0.717) is 12.5 Å². The maximum absolute atomic E-state index is 10.6. The van der Waals surface area contributed by atoms with Gasteiger partial charge in [-0.25, -0.2) is 4.98 Å². The molecule has 4 nitrogen and oxygen atoms in total. The molecule has 1 aliphatic rings. The van der Waals surface area contributed by atoms with Crippen molar-refractivity contribution in [3.05, 3.63) is 16.1 Å². The fourth-order valence-electron chi connectivity index (χ4n) is 2.32. The lowest BCUT2D eigenvalue weighted by Gasteiger charge is -2.11. The molecule has 1 heterocycles. The summed E-state index contributed by atoms with van der Waals surface area (Å²) in [4.78, 5) is 17.0. The van der Waals surface area contributed by atoms with Gasteiger partial charge in [0.05, 0.1) is 17.2 Å². The third-order valence-corrected chi connectivity index (χ3v) is 4.17. The topological polar surface area (TPSA) is 53.4 Å². The van der Waals surface area contributed by atoms with Gasteiger partial charge in [-0.3, -0.25) is 9.69 Å². The van der Waals surface area contributed by atoms with Gasteiger partial charge in [0, 0.05) is 17.8 Å². The van der Waals surface area contributed by atoms with Crippen LogP contribution in [0.25, 0.3) is 0 Å². The Morgan fingerprint density at radius 3 is 2.94 bits per heavy atom. The van der Waals surface area contributed by atoms with E-state index in [2.05, 4.69) is 10.4 Å². The van der Waals surface area contributed by atoms with Gasteiger partial charge >= 0.3 is 5.97 Å². The molecule has 0 amide bonds. The molecule has 0 unspecified atom stereocenters. The van der Waals surface area contributed by atoms with E-state index in [4.69, 9.17) is 5.11 Å². The molecule has 0 aliphatic heterocycles. The molecule has 17 heavy (non-hydrogen) atoms. The number of carbonyl (C=O) groups is 1. The largest absolute Gasteiger partial charge is 0.480 e. The van der Waals surface area contributed by atoms with E-state index >= 15 is 0 Å². The van der Waals surface area contributed by atoms with Crippen LogP contribution in [0.3, 0.4) is 0 Å². The highest BCUT2D eigenvalue weighted by atomic mass is 32.1. The zero-order chi connectivity index (χ0) is 12.3. The van der Waals surface area contributed by atoms with E-state index < -0.39 is 5.97 Å². The third-order valence-electron chi connectivity index (χ3n) is 3.11. The van der Waals surface area contributed by atoms with Crippen LogP contribution in [0.5, 0.6) is 0 Å². The lowest BCUT2D eigenvalue weighted by atomic mass is 10.1. The first-order valence-corrected chi connectivity index (χ1v) is 6.88. The van der Waals surface area contributed by atoms with E-state index in [-0.39, 0.29) is 6.54 Å². The fourth-order valence-corrected chi connectivity index (χ4v) is 3.30. The van der Waals surface area contributed by atoms with Gasteiger partial charge < -0.3 is 5.11 Å². The number of rotatable bonds is 5. The van der Waals surface area contributed by atoms with Crippen molar-refractivity contribution >= 4 is 17.3 Å². The van der Waals surface area contributed by atoms with Crippen LogP contribution in [-0.4, -0.2) is 34.6 Å². The van der Waals surface area contributed by atoms with Gasteiger partial charge in [0.25, 0.3) is 0 Å². The Labute approximate surface area is 105 Å². The van der Waals surface area contributed by atoms with Crippen molar-refractivity contribution in [2.75, 3.05) is 13.6 Å². The number of aromatic nitrogens is 1. The maximum Gasteiger partial charge on any atom is 0.317 e. The second-order valence-electron chi connectivity index (χ2n) is 4.72. The number of likely N-dealkylation sites (N-methyl/N-ethyl adjacent to an activating group) is 1. The van der Waals surface area contributed by atoms with Gasteiger partial charge in [-0.15, -0.1) is 11.3 Å². The Hall–Kier alpha value is -0.940. The molecule has 1 aliphatic carbocycles. The molecule has 0 atom stereocenters. The summed E-state index contributed by atoms with van der Waals surface area (Å²) in [6.45, 7) is 0.686. The van der Waals surface area contributed by atoms with Crippen molar-refractivity contribution < 1.29 is 9.90 Å². The average Bonchev–Trinajstić information content (AvgIpc) is 2.84. The van der Waals surface area contributed by atoms with E-state index in [9.17, 15) is 4.79 Å². The summed E-state index contributed by atoms with van der Waals surface area (Å²) >= 11 is 1.72. The van der Waals surface area contributed by atoms with Crippen LogP contribution in [0.2, 0.25) is 0 Å². The van der Waals surface area contributed by atoms with Crippen LogP contribution in [-0.2, 0) is 11.3 Å². The molecule has 0 saturated heterocycles. The summed E-state index contributed by atoms with van der Waals surface area (Å²) in [5.41, 5.74) is 1.00. The minimum Gasteiger partial charge on any atom is -0.480 e. The molecule has 94 valence electrons. The third kappa shape index (κ3) is 3.51. The number of nitrogens with zero attached hydrogens (tertiary/aromatic N) is 2. The smallest absolute Gasteiger partial charge is 0.317 e. The quantitative estimate of drug-likeness (QED) is 0.876. The van der Waals surface area contributed by atoms with Crippen LogP contribution >= 0.6 is 11.3 Å². The van der Waals surface area contributed by atoms with Gasteiger partial charge in [0.2, 0.25) is 0 Å². The number of carboxylic acids is 1. The molecule has 0 aromatic carbocycles. The summed E-state index contributed by atoms with van der Waals surface area (Å²) in [6.07, 6.45) is 5.16. The van der Waals surface area contributed by atoms with Crippen molar-refractivity contribution in [1.29, 1.82) is 0 Å². The highest BCUT2D eigenvalue weighted by Crippen LogP contribution is 2.35. The SMILES string of the molecule is CN(CC(=O)O)Cc1csc(C2CCCC2)n1. The fraction of sp³-hybridized carbons (Fsp3) is 0.667. The Kier molecular flexibility index (Phi) is 4.12. The molecule has 1 N–H and O–H groups in total. The maximum atomic E-state index is 10.6. The molecule has 0 bridgehead atoms. The van der Waals surface area contributed by atoms with Crippen LogP contribution in [0.4, 0.5) is 0 Å². The summed E-state index contributed by atoms with van der Waals surface area (Å²) in [7, 11) is 1.81. The van der Waals surface area contributed by atoms with Crippen molar-refractivity contribution in [2.45, 2.75) is 38.1 Å². The van der Waals surface area contributed by atoms with E-state index in [1.165, 1.54) is 30.7 Å². The average molecular weight is 254 g/mol. The first kappa shape index (κ1) is 12.5. The van der Waals surface area contributed by atoms with Gasteiger partial charge in [-0.05, 0) is 19.9 Å². The molecule has 1 aromatic heterocycles. The van der Waals surface area contributed by atoms with E-state index in [0.717, 1.165) is 5.69 Å². The highest BCUT2D eigenvalue weighted by Gasteiger charge is 2.20. The first-order valence-electron chi connectivity index (χ1n) is 6.00. The van der Waals surface area contributed by atoms with Gasteiger partial charge in [0.15, 0.2) is 0 Å². The molecule has 1 fully saturated rings. The molecule has 0 spiro atoms. The van der Waals surface area contributed by atoms with Gasteiger partial charge in [-0.2, -0.15) is 0 Å². The minimum absolute atomic E-state index is 0.0658. The number of carboxylic acid groups (broad SMARTS) is 1. The molecular formula is C12H18N2O2S. The summed E-state index contributed by atoms with van der Waals surface area (Å²) in [5, 5.41) is 12.0. The molecule has 1 aromatic rings. The Bertz CT molecular complexity index is 386. The van der Waals surface area contributed by atoms with Crippen molar-refractivity contribution in [3.63, 3.8) is 0 Å². The second kappa shape index (κ2) is 5.60. The van der Waals surface area contributed by atoms with Gasteiger partial charge in [-0.1, -0.05) is 12.8 Å². The number of hydrogen-bond acceptors (Lipinski definition) is 4. The van der Waals surface area contributed by atoms with Crippen LogP contribution in [0.15, 0.2) is 5.38 Å². The number of thiazole rings is 1. The van der Waals surface area contributed by atoms with Crippen LogP contribution in [0, 0.1) is 0 Å². The van der Waals surface area contributed by atoms with Crippen molar-refractivity contribution in [3.8, 4) is 0 Å². The Balaban J connectivity index is 1.91. The predicted octanol–water partition coefficient (Wildman–Crippen LogP) is 2.32. The normalized spacial score (nSPS) is 16.8. The Morgan fingerprint density at radius 2 is 2.29 bits per heavy atom. The molecule has 2 rings (SSSR count). The summed E-state index contributed by atoms with van der Waals surface area (Å²) in [5.74, 6) is -0.141. The van der Waals surface area contributed by atoms with Crippen LogP contribution < -0.4 is 0 Å². The lowest BCUT2D eigenvalue weighted by molar-refractivity contribution is -0.138. The zero-order valence-corrected chi connectivity index (χ0v) is 10.9. The highest BCUT2D eigenvalue weighted by molar-refractivity contribution is 7.09. The van der Waals surface area contributed by atoms with E-state index in [1.807, 2.05) is 7.05 Å². The van der Waals surface area contributed by atoms with Crippen molar-refractivity contribution in [2.24, 2.45) is 0 Å². The molecular weight excluding hydrogens is 236 g/mol. The van der Waals surface area contributed by atoms with Crippen LogP contribution in [0.1, 0.15) is 42.3 Å². The lowest BCUT2D eigenvalue weighted by Crippen LogP contribution is -2.25. The molecule has 1 saturated carbocycles. The number of hydrogen-bond donors (Lipinski definition) is 1. The predicted molar refractivity (Wildman–Crippen MR) is 67.3 cm³/mol.